The zero-order chi connectivity index (χ0) is 19.6. The molecule has 0 saturated carbocycles. The lowest BCUT2D eigenvalue weighted by Crippen LogP contribution is -2.37. The Kier molecular flexibility index (Phi) is 8.64. The summed E-state index contributed by atoms with van der Waals surface area (Å²) in [7, 11) is 1.80. The van der Waals surface area contributed by atoms with Gasteiger partial charge in [0.2, 0.25) is 0 Å². The quantitative estimate of drug-likeness (QED) is 0.299. The summed E-state index contributed by atoms with van der Waals surface area (Å²) in [6.07, 6.45) is 3.94. The van der Waals surface area contributed by atoms with Crippen LogP contribution < -0.4 is 10.6 Å². The first-order valence-electron chi connectivity index (χ1n) is 9.50. The van der Waals surface area contributed by atoms with Gasteiger partial charge in [-0.25, -0.2) is 0 Å². The number of hydrogen-bond donors (Lipinski definition) is 2. The summed E-state index contributed by atoms with van der Waals surface area (Å²) in [5.41, 5.74) is 2.57. The third kappa shape index (κ3) is 6.57. The van der Waals surface area contributed by atoms with Gasteiger partial charge in [-0.05, 0) is 36.6 Å². The van der Waals surface area contributed by atoms with Crippen LogP contribution in [-0.2, 0) is 19.5 Å². The SMILES string of the molecule is CN=C(NCCCc1nnc(SC)n1CC(C)C)NCc1ccccc1C. The molecule has 0 aliphatic heterocycles. The zero-order valence-electron chi connectivity index (χ0n) is 17.1. The number of benzene rings is 1. The monoisotopic (exact) mass is 388 g/mol. The molecular formula is C20H32N6S. The molecule has 0 unspecified atom stereocenters. The van der Waals surface area contributed by atoms with Crippen molar-refractivity contribution in [2.24, 2.45) is 10.9 Å². The summed E-state index contributed by atoms with van der Waals surface area (Å²) in [5.74, 6) is 2.47. The molecule has 1 heterocycles. The highest BCUT2D eigenvalue weighted by Crippen LogP contribution is 2.16. The molecule has 0 amide bonds. The Morgan fingerprint density at radius 2 is 2.00 bits per heavy atom. The number of thioether (sulfide) groups is 1. The first-order valence-corrected chi connectivity index (χ1v) is 10.7. The second-order valence-corrected chi connectivity index (χ2v) is 7.76. The van der Waals surface area contributed by atoms with E-state index >= 15 is 0 Å². The summed E-state index contributed by atoms with van der Waals surface area (Å²) >= 11 is 1.66. The van der Waals surface area contributed by atoms with E-state index in [1.807, 2.05) is 0 Å². The average Bonchev–Trinajstić information content (AvgIpc) is 3.03. The van der Waals surface area contributed by atoms with E-state index in [4.69, 9.17) is 0 Å². The van der Waals surface area contributed by atoms with Gasteiger partial charge in [-0.2, -0.15) is 0 Å². The molecule has 2 N–H and O–H groups in total. The molecule has 0 saturated heterocycles. The first kappa shape index (κ1) is 21.3. The van der Waals surface area contributed by atoms with Crippen LogP contribution in [0.2, 0.25) is 0 Å². The minimum absolute atomic E-state index is 0.577. The highest BCUT2D eigenvalue weighted by atomic mass is 32.2. The Labute approximate surface area is 167 Å². The Bertz CT molecular complexity index is 738. The minimum Gasteiger partial charge on any atom is -0.356 e. The number of guanidine groups is 1. The fourth-order valence-electron chi connectivity index (χ4n) is 2.86. The van der Waals surface area contributed by atoms with Gasteiger partial charge in [-0.1, -0.05) is 49.9 Å². The molecule has 1 aromatic carbocycles. The summed E-state index contributed by atoms with van der Waals surface area (Å²) in [6, 6.07) is 8.40. The molecule has 0 aliphatic carbocycles. The van der Waals surface area contributed by atoms with Crippen LogP contribution >= 0.6 is 11.8 Å². The number of nitrogens with one attached hydrogen (secondary N) is 2. The second-order valence-electron chi connectivity index (χ2n) is 6.99. The smallest absolute Gasteiger partial charge is 0.191 e. The number of aryl methyl sites for hydroxylation is 2. The molecule has 0 spiro atoms. The van der Waals surface area contributed by atoms with Crippen LogP contribution in [0.25, 0.3) is 0 Å². The fourth-order valence-corrected chi connectivity index (χ4v) is 3.39. The summed E-state index contributed by atoms with van der Waals surface area (Å²) in [5, 5.41) is 16.5. The van der Waals surface area contributed by atoms with Crippen LogP contribution in [0.15, 0.2) is 34.4 Å². The highest BCUT2D eigenvalue weighted by molar-refractivity contribution is 7.98. The normalized spacial score (nSPS) is 11.9. The fraction of sp³-hybridized carbons (Fsp3) is 0.550. The lowest BCUT2D eigenvalue weighted by Gasteiger charge is -2.14. The number of rotatable bonds is 9. The van der Waals surface area contributed by atoms with E-state index in [2.05, 4.69) is 81.7 Å². The zero-order valence-corrected chi connectivity index (χ0v) is 17.9. The van der Waals surface area contributed by atoms with Gasteiger partial charge < -0.3 is 15.2 Å². The van der Waals surface area contributed by atoms with Crippen LogP contribution in [0.4, 0.5) is 0 Å². The first-order chi connectivity index (χ1) is 13.0. The molecule has 0 aliphatic rings. The number of nitrogens with zero attached hydrogens (tertiary/aromatic N) is 4. The van der Waals surface area contributed by atoms with Gasteiger partial charge in [0.15, 0.2) is 11.1 Å². The lowest BCUT2D eigenvalue weighted by atomic mass is 10.1. The Balaban J connectivity index is 1.80. The molecule has 0 bridgehead atoms. The van der Waals surface area contributed by atoms with Crippen LogP contribution in [0.3, 0.4) is 0 Å². The Hall–Kier alpha value is -2.02. The highest BCUT2D eigenvalue weighted by Gasteiger charge is 2.12. The molecule has 7 heteroatoms. The van der Waals surface area contributed by atoms with E-state index < -0.39 is 0 Å². The number of aliphatic imine (C=N–C) groups is 1. The van der Waals surface area contributed by atoms with Crippen molar-refractivity contribution in [3.05, 3.63) is 41.2 Å². The predicted octanol–water partition coefficient (Wildman–Crippen LogP) is 3.26. The molecule has 1 aromatic heterocycles. The maximum Gasteiger partial charge on any atom is 0.191 e. The third-order valence-electron chi connectivity index (χ3n) is 4.32. The summed E-state index contributed by atoms with van der Waals surface area (Å²) in [6.45, 7) is 9.15. The largest absolute Gasteiger partial charge is 0.356 e. The third-order valence-corrected chi connectivity index (χ3v) is 4.99. The molecule has 2 aromatic rings. The van der Waals surface area contributed by atoms with Crippen molar-refractivity contribution in [2.75, 3.05) is 19.8 Å². The Morgan fingerprint density at radius 1 is 1.22 bits per heavy atom. The summed E-state index contributed by atoms with van der Waals surface area (Å²) < 4.78 is 2.25. The van der Waals surface area contributed by atoms with Crippen LogP contribution in [-0.4, -0.2) is 40.6 Å². The van der Waals surface area contributed by atoms with Gasteiger partial charge in [-0.15, -0.1) is 10.2 Å². The molecule has 2 rings (SSSR count). The van der Waals surface area contributed by atoms with E-state index in [1.165, 1.54) is 11.1 Å². The van der Waals surface area contributed by atoms with E-state index in [0.29, 0.717) is 5.92 Å². The second kappa shape index (κ2) is 11.0. The van der Waals surface area contributed by atoms with Crippen molar-refractivity contribution < 1.29 is 0 Å². The predicted molar refractivity (Wildman–Crippen MR) is 114 cm³/mol. The van der Waals surface area contributed by atoms with Gasteiger partial charge in [0.05, 0.1) is 0 Å². The molecule has 0 radical (unpaired) electrons. The standard InChI is InChI=1S/C20H32N6S/c1-15(2)14-26-18(24-25-20(26)27-5)11-8-12-22-19(21-4)23-13-17-10-7-6-9-16(17)3/h6-7,9-10,15H,8,11-14H2,1-5H3,(H2,21,22,23). The van der Waals surface area contributed by atoms with E-state index in [-0.39, 0.29) is 0 Å². The maximum absolute atomic E-state index is 4.38. The van der Waals surface area contributed by atoms with Gasteiger partial charge in [0.25, 0.3) is 0 Å². The van der Waals surface area contributed by atoms with Crippen molar-refractivity contribution in [1.82, 2.24) is 25.4 Å². The van der Waals surface area contributed by atoms with Gasteiger partial charge in [-0.3, -0.25) is 4.99 Å². The lowest BCUT2D eigenvalue weighted by molar-refractivity contribution is 0.477. The number of hydrogen-bond acceptors (Lipinski definition) is 4. The van der Waals surface area contributed by atoms with Crippen molar-refractivity contribution in [3.63, 3.8) is 0 Å². The van der Waals surface area contributed by atoms with Crippen molar-refractivity contribution in [3.8, 4) is 0 Å². The molecule has 0 fully saturated rings. The van der Waals surface area contributed by atoms with Crippen LogP contribution in [0, 0.1) is 12.8 Å². The van der Waals surface area contributed by atoms with Gasteiger partial charge in [0, 0.05) is 33.1 Å². The topological polar surface area (TPSA) is 67.1 Å². The van der Waals surface area contributed by atoms with Crippen LogP contribution in [0.5, 0.6) is 0 Å². The van der Waals surface area contributed by atoms with Crippen LogP contribution in [0.1, 0.15) is 37.2 Å². The van der Waals surface area contributed by atoms with Gasteiger partial charge >= 0.3 is 0 Å². The average molecular weight is 389 g/mol. The molecule has 0 atom stereocenters. The van der Waals surface area contributed by atoms with Crippen molar-refractivity contribution >= 4 is 17.7 Å². The van der Waals surface area contributed by atoms with E-state index in [9.17, 15) is 0 Å². The molecule has 27 heavy (non-hydrogen) atoms. The molecule has 6 nitrogen and oxygen atoms in total. The maximum atomic E-state index is 4.38. The number of aromatic nitrogens is 3. The molecular weight excluding hydrogens is 356 g/mol. The Morgan fingerprint density at radius 3 is 2.67 bits per heavy atom. The van der Waals surface area contributed by atoms with E-state index in [0.717, 1.165) is 49.4 Å². The van der Waals surface area contributed by atoms with Crippen molar-refractivity contribution in [1.29, 1.82) is 0 Å². The minimum atomic E-state index is 0.577. The molecule has 148 valence electrons. The van der Waals surface area contributed by atoms with Gasteiger partial charge in [0.1, 0.15) is 5.82 Å². The summed E-state index contributed by atoms with van der Waals surface area (Å²) in [4.78, 5) is 4.31. The van der Waals surface area contributed by atoms with E-state index in [1.54, 1.807) is 18.8 Å². The van der Waals surface area contributed by atoms with Crippen molar-refractivity contribution in [2.45, 2.75) is 51.9 Å².